The van der Waals surface area contributed by atoms with Crippen molar-refractivity contribution < 1.29 is 9.53 Å². The van der Waals surface area contributed by atoms with Gasteiger partial charge in [0.2, 0.25) is 5.91 Å². The minimum atomic E-state index is -0.537. The van der Waals surface area contributed by atoms with Crippen molar-refractivity contribution >= 4 is 5.91 Å². The molecule has 0 aromatic carbocycles. The summed E-state index contributed by atoms with van der Waals surface area (Å²) in [6, 6.07) is -0.176. The van der Waals surface area contributed by atoms with Crippen molar-refractivity contribution in [2.45, 2.75) is 39.2 Å². The molecule has 98 valence electrons. The van der Waals surface area contributed by atoms with Gasteiger partial charge in [0.1, 0.15) is 0 Å². The number of hydrogen-bond acceptors (Lipinski definition) is 3. The molecular formula is C13H24N2O2. The number of amides is 1. The zero-order valence-corrected chi connectivity index (χ0v) is 10.9. The first-order valence-corrected chi connectivity index (χ1v) is 6.64. The first-order chi connectivity index (χ1) is 8.02. The van der Waals surface area contributed by atoms with Crippen molar-refractivity contribution in [3.05, 3.63) is 0 Å². The molecule has 2 aliphatic rings. The normalized spacial score (nSPS) is 41.7. The van der Waals surface area contributed by atoms with Gasteiger partial charge in [0.05, 0.1) is 18.6 Å². The summed E-state index contributed by atoms with van der Waals surface area (Å²) >= 11 is 0. The van der Waals surface area contributed by atoms with Crippen molar-refractivity contribution in [2.24, 2.45) is 23.0 Å². The number of carbonyl (C=O) groups excluding carboxylic acids is 1. The molecule has 2 fully saturated rings. The van der Waals surface area contributed by atoms with Crippen LogP contribution in [0.1, 0.15) is 33.1 Å². The molecule has 4 unspecified atom stereocenters. The molecule has 0 radical (unpaired) electrons. The fourth-order valence-corrected chi connectivity index (χ4v) is 2.87. The molecule has 0 bridgehead atoms. The number of rotatable bonds is 3. The van der Waals surface area contributed by atoms with Crippen LogP contribution in [-0.2, 0) is 9.53 Å². The summed E-state index contributed by atoms with van der Waals surface area (Å²) in [5.74, 6) is 1.52. The van der Waals surface area contributed by atoms with Crippen molar-refractivity contribution in [1.82, 2.24) is 5.32 Å². The van der Waals surface area contributed by atoms with Crippen LogP contribution in [0.15, 0.2) is 0 Å². The Balaban J connectivity index is 1.81. The molecule has 4 heteroatoms. The van der Waals surface area contributed by atoms with E-state index >= 15 is 0 Å². The van der Waals surface area contributed by atoms with Gasteiger partial charge in [-0.15, -0.1) is 0 Å². The summed E-state index contributed by atoms with van der Waals surface area (Å²) in [6.07, 6.45) is 3.76. The molecule has 1 aliphatic carbocycles. The Morgan fingerprint density at radius 3 is 2.82 bits per heavy atom. The lowest BCUT2D eigenvalue weighted by molar-refractivity contribution is -0.130. The summed E-state index contributed by atoms with van der Waals surface area (Å²) in [7, 11) is 0. The number of ether oxygens (including phenoxy) is 1. The number of carbonyl (C=O) groups is 1. The lowest BCUT2D eigenvalue weighted by atomic mass is 9.84. The van der Waals surface area contributed by atoms with Gasteiger partial charge in [0.25, 0.3) is 0 Å². The SMILES string of the molecule is CC1CCC(CNC(=O)C2(C)COCC2N)C1. The minimum absolute atomic E-state index is 0.0575. The molecular weight excluding hydrogens is 216 g/mol. The fourth-order valence-electron chi connectivity index (χ4n) is 2.87. The second-order valence-electron chi connectivity index (χ2n) is 6.03. The zero-order valence-electron chi connectivity index (χ0n) is 10.9. The van der Waals surface area contributed by atoms with E-state index in [2.05, 4.69) is 12.2 Å². The van der Waals surface area contributed by atoms with Gasteiger partial charge >= 0.3 is 0 Å². The average Bonchev–Trinajstić information content (AvgIpc) is 2.84. The van der Waals surface area contributed by atoms with E-state index in [1.165, 1.54) is 19.3 Å². The third kappa shape index (κ3) is 2.63. The van der Waals surface area contributed by atoms with E-state index in [-0.39, 0.29) is 11.9 Å². The van der Waals surface area contributed by atoms with Crippen molar-refractivity contribution in [3.63, 3.8) is 0 Å². The number of nitrogens with one attached hydrogen (secondary N) is 1. The van der Waals surface area contributed by atoms with Gasteiger partial charge in [-0.2, -0.15) is 0 Å². The van der Waals surface area contributed by atoms with Gasteiger partial charge in [-0.25, -0.2) is 0 Å². The van der Waals surface area contributed by atoms with Crippen LogP contribution in [0.25, 0.3) is 0 Å². The molecule has 0 aromatic rings. The summed E-state index contributed by atoms with van der Waals surface area (Å²) in [6.45, 7) is 5.91. The molecule has 3 N–H and O–H groups in total. The van der Waals surface area contributed by atoms with Gasteiger partial charge in [-0.1, -0.05) is 13.3 Å². The molecule has 2 rings (SSSR count). The molecule has 1 aliphatic heterocycles. The summed E-state index contributed by atoms with van der Waals surface area (Å²) in [5, 5.41) is 3.06. The zero-order chi connectivity index (χ0) is 12.5. The molecule has 0 aromatic heterocycles. The highest BCUT2D eigenvalue weighted by Gasteiger charge is 2.44. The molecule has 1 amide bonds. The smallest absolute Gasteiger partial charge is 0.229 e. The maximum Gasteiger partial charge on any atom is 0.229 e. The highest BCUT2D eigenvalue weighted by atomic mass is 16.5. The van der Waals surface area contributed by atoms with Gasteiger partial charge in [0.15, 0.2) is 0 Å². The van der Waals surface area contributed by atoms with E-state index in [0.29, 0.717) is 19.1 Å². The number of hydrogen-bond donors (Lipinski definition) is 2. The lowest BCUT2D eigenvalue weighted by Crippen LogP contribution is -2.50. The van der Waals surface area contributed by atoms with Gasteiger partial charge in [-0.3, -0.25) is 4.79 Å². The Morgan fingerprint density at radius 2 is 2.29 bits per heavy atom. The second kappa shape index (κ2) is 4.94. The topological polar surface area (TPSA) is 64.3 Å². The Bertz CT molecular complexity index is 295. The van der Waals surface area contributed by atoms with Crippen LogP contribution in [0.5, 0.6) is 0 Å². The molecule has 4 nitrogen and oxygen atoms in total. The second-order valence-corrected chi connectivity index (χ2v) is 6.03. The predicted molar refractivity (Wildman–Crippen MR) is 66.4 cm³/mol. The molecule has 17 heavy (non-hydrogen) atoms. The summed E-state index contributed by atoms with van der Waals surface area (Å²) in [4.78, 5) is 12.1. The largest absolute Gasteiger partial charge is 0.379 e. The van der Waals surface area contributed by atoms with Gasteiger partial charge in [0, 0.05) is 12.6 Å². The van der Waals surface area contributed by atoms with Crippen molar-refractivity contribution in [2.75, 3.05) is 19.8 Å². The summed E-state index contributed by atoms with van der Waals surface area (Å²) in [5.41, 5.74) is 5.40. The summed E-state index contributed by atoms with van der Waals surface area (Å²) < 4.78 is 5.30. The third-order valence-electron chi connectivity index (χ3n) is 4.39. The monoisotopic (exact) mass is 240 g/mol. The highest BCUT2D eigenvalue weighted by molar-refractivity contribution is 5.83. The van der Waals surface area contributed by atoms with E-state index in [4.69, 9.17) is 10.5 Å². The van der Waals surface area contributed by atoms with Crippen LogP contribution in [-0.4, -0.2) is 31.7 Å². The Hall–Kier alpha value is -0.610. The van der Waals surface area contributed by atoms with Crippen LogP contribution < -0.4 is 11.1 Å². The maximum atomic E-state index is 12.1. The van der Waals surface area contributed by atoms with Crippen LogP contribution in [0.4, 0.5) is 0 Å². The molecule has 1 saturated carbocycles. The average molecular weight is 240 g/mol. The maximum absolute atomic E-state index is 12.1. The van der Waals surface area contributed by atoms with Crippen LogP contribution in [0.3, 0.4) is 0 Å². The third-order valence-corrected chi connectivity index (χ3v) is 4.39. The lowest BCUT2D eigenvalue weighted by Gasteiger charge is -2.26. The van der Waals surface area contributed by atoms with E-state index < -0.39 is 5.41 Å². The van der Waals surface area contributed by atoms with E-state index in [1.807, 2.05) is 6.92 Å². The van der Waals surface area contributed by atoms with E-state index in [1.54, 1.807) is 0 Å². The van der Waals surface area contributed by atoms with Crippen molar-refractivity contribution in [3.8, 4) is 0 Å². The van der Waals surface area contributed by atoms with E-state index in [9.17, 15) is 4.79 Å². The Morgan fingerprint density at radius 1 is 1.53 bits per heavy atom. The predicted octanol–water partition coefficient (Wildman–Crippen LogP) is 0.903. The Labute approximate surface area is 103 Å². The highest BCUT2D eigenvalue weighted by Crippen LogP contribution is 2.31. The minimum Gasteiger partial charge on any atom is -0.379 e. The standard InChI is InChI=1S/C13H24N2O2/c1-9-3-4-10(5-9)6-15-12(16)13(2)8-17-7-11(13)14/h9-11H,3-8,14H2,1-2H3,(H,15,16). The van der Waals surface area contributed by atoms with Crippen LogP contribution >= 0.6 is 0 Å². The van der Waals surface area contributed by atoms with Gasteiger partial charge < -0.3 is 15.8 Å². The molecule has 4 atom stereocenters. The van der Waals surface area contributed by atoms with Crippen LogP contribution in [0, 0.1) is 17.3 Å². The van der Waals surface area contributed by atoms with E-state index in [0.717, 1.165) is 12.5 Å². The quantitative estimate of drug-likeness (QED) is 0.770. The van der Waals surface area contributed by atoms with Crippen LogP contribution in [0.2, 0.25) is 0 Å². The Kier molecular flexibility index (Phi) is 3.73. The van der Waals surface area contributed by atoms with Gasteiger partial charge in [-0.05, 0) is 31.6 Å². The molecule has 0 spiro atoms. The first-order valence-electron chi connectivity index (χ1n) is 6.64. The molecule has 1 heterocycles. The number of nitrogens with two attached hydrogens (primary N) is 1. The first kappa shape index (κ1) is 12.8. The molecule has 1 saturated heterocycles. The fraction of sp³-hybridized carbons (Fsp3) is 0.923. The van der Waals surface area contributed by atoms with Crippen molar-refractivity contribution in [1.29, 1.82) is 0 Å².